The highest BCUT2D eigenvalue weighted by atomic mass is 127. The van der Waals surface area contributed by atoms with Crippen LogP contribution in [-0.4, -0.2) is 0 Å². The van der Waals surface area contributed by atoms with Crippen molar-refractivity contribution in [1.29, 1.82) is 0 Å². The Hall–Kier alpha value is 0.210. The quantitative estimate of drug-likeness (QED) is 0.497. The van der Waals surface area contributed by atoms with Crippen LogP contribution in [0, 0.1) is 5.92 Å². The standard InChI is InChI=1S/C7H11I/c1-4-7(8)5-6(2)3/h4-6H,1H2,2-3H3/b7-5+. The number of halogens is 1. The van der Waals surface area contributed by atoms with E-state index in [1.54, 1.807) is 0 Å². The molecule has 0 radical (unpaired) electrons. The lowest BCUT2D eigenvalue weighted by Gasteiger charge is -1.92. The van der Waals surface area contributed by atoms with Crippen LogP contribution in [0.4, 0.5) is 0 Å². The minimum atomic E-state index is 0.639. The van der Waals surface area contributed by atoms with Crippen molar-refractivity contribution in [2.75, 3.05) is 0 Å². The van der Waals surface area contributed by atoms with Gasteiger partial charge in [0.25, 0.3) is 0 Å². The molecule has 0 saturated heterocycles. The second kappa shape index (κ2) is 4.13. The lowest BCUT2D eigenvalue weighted by molar-refractivity contribution is 0.831. The van der Waals surface area contributed by atoms with Crippen LogP contribution in [0.1, 0.15) is 13.8 Å². The van der Waals surface area contributed by atoms with E-state index in [0.717, 1.165) is 0 Å². The first-order valence-corrected chi connectivity index (χ1v) is 3.74. The molecule has 8 heavy (non-hydrogen) atoms. The molecule has 0 aromatic heterocycles. The fourth-order valence-electron chi connectivity index (χ4n) is 0.386. The molecule has 0 unspecified atom stereocenters. The van der Waals surface area contributed by atoms with E-state index in [1.165, 1.54) is 3.58 Å². The average Bonchev–Trinajstić information content (AvgIpc) is 1.65. The van der Waals surface area contributed by atoms with Crippen molar-refractivity contribution in [3.63, 3.8) is 0 Å². The number of rotatable bonds is 2. The summed E-state index contributed by atoms with van der Waals surface area (Å²) in [6.07, 6.45) is 4.04. The molecule has 0 N–H and O–H groups in total. The van der Waals surface area contributed by atoms with E-state index in [-0.39, 0.29) is 0 Å². The Morgan fingerprint density at radius 3 is 2.25 bits per heavy atom. The van der Waals surface area contributed by atoms with E-state index in [1.807, 2.05) is 6.08 Å². The zero-order valence-corrected chi connectivity index (χ0v) is 7.47. The molecule has 0 saturated carbocycles. The van der Waals surface area contributed by atoms with Gasteiger partial charge in [-0.2, -0.15) is 0 Å². The van der Waals surface area contributed by atoms with Gasteiger partial charge in [-0.1, -0.05) is 32.6 Å². The Bertz CT molecular complexity index is 101. The summed E-state index contributed by atoms with van der Waals surface area (Å²) in [5.74, 6) is 0.639. The minimum Gasteiger partial charge on any atom is -0.0980 e. The van der Waals surface area contributed by atoms with Gasteiger partial charge in [-0.3, -0.25) is 0 Å². The summed E-state index contributed by atoms with van der Waals surface area (Å²) in [5, 5.41) is 0. The van der Waals surface area contributed by atoms with Gasteiger partial charge in [0.2, 0.25) is 0 Å². The Kier molecular flexibility index (Phi) is 4.23. The third kappa shape index (κ3) is 4.37. The van der Waals surface area contributed by atoms with E-state index >= 15 is 0 Å². The van der Waals surface area contributed by atoms with E-state index < -0.39 is 0 Å². The van der Waals surface area contributed by atoms with Gasteiger partial charge in [0.15, 0.2) is 0 Å². The molecule has 0 nitrogen and oxygen atoms in total. The highest BCUT2D eigenvalue weighted by molar-refractivity contribution is 14.1. The van der Waals surface area contributed by atoms with Gasteiger partial charge in [-0.15, -0.1) is 0 Å². The van der Waals surface area contributed by atoms with Gasteiger partial charge in [-0.05, 0) is 28.5 Å². The fraction of sp³-hybridized carbons (Fsp3) is 0.429. The van der Waals surface area contributed by atoms with Crippen molar-refractivity contribution < 1.29 is 0 Å². The van der Waals surface area contributed by atoms with E-state index in [4.69, 9.17) is 0 Å². The summed E-state index contributed by atoms with van der Waals surface area (Å²) in [4.78, 5) is 0. The first kappa shape index (κ1) is 8.21. The molecule has 0 bridgehead atoms. The second-order valence-electron chi connectivity index (χ2n) is 2.00. The molecule has 0 aromatic rings. The average molecular weight is 222 g/mol. The molecule has 0 spiro atoms. The molecule has 0 aliphatic rings. The van der Waals surface area contributed by atoms with Gasteiger partial charge < -0.3 is 0 Å². The van der Waals surface area contributed by atoms with Crippen LogP contribution in [0.2, 0.25) is 0 Å². The topological polar surface area (TPSA) is 0 Å². The van der Waals surface area contributed by atoms with Gasteiger partial charge in [0, 0.05) is 3.58 Å². The molecule has 0 atom stereocenters. The van der Waals surface area contributed by atoms with Gasteiger partial charge in [-0.25, -0.2) is 0 Å². The summed E-state index contributed by atoms with van der Waals surface area (Å²) < 4.78 is 1.23. The largest absolute Gasteiger partial charge is 0.0980 e. The molecule has 46 valence electrons. The summed E-state index contributed by atoms with van der Waals surface area (Å²) >= 11 is 2.26. The lowest BCUT2D eigenvalue weighted by Crippen LogP contribution is -1.77. The van der Waals surface area contributed by atoms with E-state index in [2.05, 4.69) is 49.1 Å². The SMILES string of the molecule is C=C/C(I)=C\C(C)C. The van der Waals surface area contributed by atoms with Gasteiger partial charge >= 0.3 is 0 Å². The molecular weight excluding hydrogens is 211 g/mol. The zero-order chi connectivity index (χ0) is 6.57. The summed E-state index contributed by atoms with van der Waals surface area (Å²) in [5.41, 5.74) is 0. The van der Waals surface area contributed by atoms with Crippen molar-refractivity contribution in [1.82, 2.24) is 0 Å². The maximum absolute atomic E-state index is 3.64. The van der Waals surface area contributed by atoms with Crippen LogP contribution >= 0.6 is 22.6 Å². The van der Waals surface area contributed by atoms with Crippen LogP contribution in [0.15, 0.2) is 22.3 Å². The van der Waals surface area contributed by atoms with Crippen LogP contribution < -0.4 is 0 Å². The first-order chi connectivity index (χ1) is 3.66. The molecule has 0 amide bonds. The smallest absolute Gasteiger partial charge is 0.00866 e. The monoisotopic (exact) mass is 222 g/mol. The summed E-state index contributed by atoms with van der Waals surface area (Å²) in [6, 6.07) is 0. The molecule has 0 aliphatic carbocycles. The summed E-state index contributed by atoms with van der Waals surface area (Å²) in [7, 11) is 0. The highest BCUT2D eigenvalue weighted by Crippen LogP contribution is 2.09. The van der Waals surface area contributed by atoms with Crippen molar-refractivity contribution in [3.05, 3.63) is 22.3 Å². The van der Waals surface area contributed by atoms with Crippen LogP contribution in [0.3, 0.4) is 0 Å². The first-order valence-electron chi connectivity index (χ1n) is 2.66. The highest BCUT2D eigenvalue weighted by Gasteiger charge is 1.85. The molecule has 0 heterocycles. The molecular formula is C7H11I. The van der Waals surface area contributed by atoms with Crippen molar-refractivity contribution in [2.24, 2.45) is 5.92 Å². The van der Waals surface area contributed by atoms with E-state index in [0.29, 0.717) is 5.92 Å². The third-order valence-corrected chi connectivity index (χ3v) is 1.49. The molecule has 0 fully saturated rings. The normalized spacial score (nSPS) is 12.2. The maximum Gasteiger partial charge on any atom is 0.00866 e. The number of hydrogen-bond acceptors (Lipinski definition) is 0. The Balaban J connectivity index is 3.74. The number of hydrogen-bond donors (Lipinski definition) is 0. The van der Waals surface area contributed by atoms with Gasteiger partial charge in [0.05, 0.1) is 0 Å². The van der Waals surface area contributed by atoms with Crippen molar-refractivity contribution >= 4 is 22.6 Å². The predicted octanol–water partition coefficient (Wildman–Crippen LogP) is 3.15. The lowest BCUT2D eigenvalue weighted by atomic mass is 10.2. The van der Waals surface area contributed by atoms with Crippen LogP contribution in [0.25, 0.3) is 0 Å². The van der Waals surface area contributed by atoms with Crippen molar-refractivity contribution in [3.8, 4) is 0 Å². The Morgan fingerprint density at radius 1 is 1.62 bits per heavy atom. The zero-order valence-electron chi connectivity index (χ0n) is 5.32. The second-order valence-corrected chi connectivity index (χ2v) is 3.25. The van der Waals surface area contributed by atoms with Crippen LogP contribution in [-0.2, 0) is 0 Å². The maximum atomic E-state index is 3.64. The van der Waals surface area contributed by atoms with Crippen molar-refractivity contribution in [2.45, 2.75) is 13.8 Å². The van der Waals surface area contributed by atoms with E-state index in [9.17, 15) is 0 Å². The fourth-order valence-corrected chi connectivity index (χ4v) is 1.11. The molecule has 1 heteroatoms. The third-order valence-electron chi connectivity index (χ3n) is 0.688. The predicted molar refractivity (Wildman–Crippen MR) is 47.1 cm³/mol. The van der Waals surface area contributed by atoms with Gasteiger partial charge in [0.1, 0.15) is 0 Å². The number of allylic oxidation sites excluding steroid dienone is 3. The molecule has 0 aliphatic heterocycles. The molecule has 0 aromatic carbocycles. The minimum absolute atomic E-state index is 0.639. The Labute approximate surface area is 64.8 Å². The Morgan fingerprint density at radius 2 is 2.12 bits per heavy atom. The molecule has 0 rings (SSSR count). The summed E-state index contributed by atoms with van der Waals surface area (Å²) in [6.45, 7) is 7.95. The van der Waals surface area contributed by atoms with Crippen LogP contribution in [0.5, 0.6) is 0 Å².